The monoisotopic (exact) mass is 270 g/mol. The Bertz CT molecular complexity index is 405. The third-order valence-corrected chi connectivity index (χ3v) is 4.12. The fourth-order valence-corrected chi connectivity index (χ4v) is 3.04. The first-order valence-corrected chi connectivity index (χ1v) is 7.08. The van der Waals surface area contributed by atoms with Gasteiger partial charge in [-0.3, -0.25) is 4.79 Å². The van der Waals surface area contributed by atoms with Crippen LogP contribution >= 0.6 is 11.3 Å². The number of aliphatic carboxylic acids is 1. The van der Waals surface area contributed by atoms with Gasteiger partial charge in [0.2, 0.25) is 0 Å². The number of hydrogen-bond acceptors (Lipinski definition) is 4. The van der Waals surface area contributed by atoms with E-state index in [9.17, 15) is 9.90 Å². The Hall–Kier alpha value is -0.940. The number of carbonyl (C=O) groups is 1. The molecule has 1 N–H and O–H groups in total. The molecule has 0 saturated heterocycles. The number of carboxylic acid groups (broad SMARTS) is 1. The normalized spacial score (nSPS) is 14.7. The fraction of sp³-hybridized carbons (Fsp3) is 0.692. The van der Waals surface area contributed by atoms with Crippen molar-refractivity contribution in [2.45, 2.75) is 40.2 Å². The van der Waals surface area contributed by atoms with Gasteiger partial charge in [0.15, 0.2) is 0 Å². The summed E-state index contributed by atoms with van der Waals surface area (Å²) in [7, 11) is 1.97. The summed E-state index contributed by atoms with van der Waals surface area (Å²) in [5.41, 5.74) is 2.21. The predicted molar refractivity (Wildman–Crippen MR) is 73.8 cm³/mol. The molecule has 4 nitrogen and oxygen atoms in total. The minimum Gasteiger partial charge on any atom is -0.481 e. The summed E-state index contributed by atoms with van der Waals surface area (Å²) in [6.07, 6.45) is 1.59. The van der Waals surface area contributed by atoms with Crippen LogP contribution in [-0.4, -0.2) is 34.6 Å². The van der Waals surface area contributed by atoms with E-state index in [0.29, 0.717) is 13.0 Å². The Kier molecular flexibility index (Phi) is 5.28. The second-order valence-electron chi connectivity index (χ2n) is 5.15. The minimum absolute atomic E-state index is 0.563. The van der Waals surface area contributed by atoms with Crippen molar-refractivity contribution in [3.8, 4) is 0 Å². The Morgan fingerprint density at radius 2 is 2.28 bits per heavy atom. The summed E-state index contributed by atoms with van der Waals surface area (Å²) in [5.74, 6) is -0.711. The van der Waals surface area contributed by atoms with Crippen LogP contribution in [0.3, 0.4) is 0 Å². The Balaban J connectivity index is 2.65. The smallest absolute Gasteiger partial charge is 0.310 e. The number of thiazole rings is 1. The topological polar surface area (TPSA) is 53.4 Å². The van der Waals surface area contributed by atoms with Gasteiger partial charge in [0.05, 0.1) is 16.6 Å². The summed E-state index contributed by atoms with van der Waals surface area (Å²) in [5, 5.41) is 9.36. The molecule has 0 aromatic carbocycles. The molecule has 0 bridgehead atoms. The van der Waals surface area contributed by atoms with Gasteiger partial charge in [0, 0.05) is 18.0 Å². The highest BCUT2D eigenvalue weighted by Crippen LogP contribution is 2.26. The molecule has 1 rings (SSSR count). The number of aromatic nitrogens is 1. The van der Waals surface area contributed by atoms with Crippen molar-refractivity contribution < 1.29 is 9.90 Å². The molecular formula is C13H22N2O2S. The van der Waals surface area contributed by atoms with Crippen LogP contribution in [0, 0.1) is 12.3 Å². The lowest BCUT2D eigenvalue weighted by molar-refractivity contribution is -0.149. The predicted octanol–water partition coefficient (Wildman–Crippen LogP) is 2.77. The van der Waals surface area contributed by atoms with E-state index in [2.05, 4.69) is 9.88 Å². The summed E-state index contributed by atoms with van der Waals surface area (Å²) in [4.78, 5) is 18.9. The van der Waals surface area contributed by atoms with Crippen LogP contribution in [0.1, 0.15) is 37.3 Å². The molecule has 0 amide bonds. The van der Waals surface area contributed by atoms with Crippen molar-refractivity contribution in [1.82, 2.24) is 9.88 Å². The maximum absolute atomic E-state index is 11.4. The molecule has 1 heterocycles. The van der Waals surface area contributed by atoms with Gasteiger partial charge in [0.25, 0.3) is 0 Å². The van der Waals surface area contributed by atoms with Crippen LogP contribution < -0.4 is 0 Å². The van der Waals surface area contributed by atoms with E-state index in [1.807, 2.05) is 33.3 Å². The van der Waals surface area contributed by atoms with E-state index in [0.717, 1.165) is 18.7 Å². The highest BCUT2D eigenvalue weighted by atomic mass is 32.1. The van der Waals surface area contributed by atoms with Gasteiger partial charge in [-0.1, -0.05) is 13.3 Å². The van der Waals surface area contributed by atoms with Gasteiger partial charge >= 0.3 is 5.97 Å². The van der Waals surface area contributed by atoms with E-state index in [-0.39, 0.29) is 0 Å². The van der Waals surface area contributed by atoms with Crippen molar-refractivity contribution in [3.05, 3.63) is 16.1 Å². The van der Waals surface area contributed by atoms with E-state index >= 15 is 0 Å². The van der Waals surface area contributed by atoms with Crippen LogP contribution in [0.15, 0.2) is 5.51 Å². The number of aryl methyl sites for hydroxylation is 1. The fourth-order valence-electron chi connectivity index (χ4n) is 2.18. The van der Waals surface area contributed by atoms with Crippen LogP contribution in [0.4, 0.5) is 0 Å². The van der Waals surface area contributed by atoms with Crippen LogP contribution in [0.25, 0.3) is 0 Å². The van der Waals surface area contributed by atoms with Crippen molar-refractivity contribution in [2.24, 2.45) is 5.41 Å². The van der Waals surface area contributed by atoms with E-state index in [4.69, 9.17) is 0 Å². The van der Waals surface area contributed by atoms with Crippen molar-refractivity contribution in [2.75, 3.05) is 13.6 Å². The molecule has 0 aliphatic heterocycles. The number of carboxylic acids is 1. The highest BCUT2D eigenvalue weighted by Gasteiger charge is 2.33. The number of hydrogen-bond donors (Lipinski definition) is 1. The standard InChI is InChI=1S/C13H22N2O2S/c1-5-6-13(3,12(16)17)8-15(4)7-11-10(2)14-9-18-11/h9H,5-8H2,1-4H3,(H,16,17). The van der Waals surface area contributed by atoms with Crippen LogP contribution in [0.5, 0.6) is 0 Å². The Labute approximate surface area is 113 Å². The first kappa shape index (κ1) is 15.1. The molecule has 1 atom stereocenters. The Morgan fingerprint density at radius 1 is 1.61 bits per heavy atom. The van der Waals surface area contributed by atoms with Gasteiger partial charge in [-0.15, -0.1) is 11.3 Å². The average Bonchev–Trinajstić information content (AvgIpc) is 2.64. The zero-order valence-corrected chi connectivity index (χ0v) is 12.4. The molecule has 1 unspecified atom stereocenters. The summed E-state index contributed by atoms with van der Waals surface area (Å²) in [6.45, 7) is 7.17. The lowest BCUT2D eigenvalue weighted by Gasteiger charge is -2.29. The quantitative estimate of drug-likeness (QED) is 0.827. The second kappa shape index (κ2) is 6.29. The largest absolute Gasteiger partial charge is 0.481 e. The zero-order valence-electron chi connectivity index (χ0n) is 11.6. The third-order valence-electron chi connectivity index (χ3n) is 3.20. The lowest BCUT2D eigenvalue weighted by Crippen LogP contribution is -2.39. The number of rotatable bonds is 7. The van der Waals surface area contributed by atoms with Gasteiger partial charge in [-0.2, -0.15) is 0 Å². The van der Waals surface area contributed by atoms with Gasteiger partial charge in [-0.05, 0) is 27.3 Å². The summed E-state index contributed by atoms with van der Waals surface area (Å²) in [6, 6.07) is 0. The van der Waals surface area contributed by atoms with Crippen molar-refractivity contribution in [1.29, 1.82) is 0 Å². The molecule has 0 saturated carbocycles. The van der Waals surface area contributed by atoms with E-state index < -0.39 is 11.4 Å². The van der Waals surface area contributed by atoms with E-state index in [1.165, 1.54) is 4.88 Å². The first-order chi connectivity index (χ1) is 8.39. The maximum atomic E-state index is 11.4. The molecule has 0 radical (unpaired) electrons. The SMILES string of the molecule is CCCC(C)(CN(C)Cc1scnc1C)C(=O)O. The maximum Gasteiger partial charge on any atom is 0.310 e. The van der Waals surface area contributed by atoms with Crippen molar-refractivity contribution in [3.63, 3.8) is 0 Å². The summed E-state index contributed by atoms with van der Waals surface area (Å²) < 4.78 is 0. The Morgan fingerprint density at radius 3 is 2.72 bits per heavy atom. The molecule has 1 aromatic rings. The van der Waals surface area contributed by atoms with Gasteiger partial charge in [-0.25, -0.2) is 4.98 Å². The second-order valence-corrected chi connectivity index (χ2v) is 6.09. The molecular weight excluding hydrogens is 248 g/mol. The minimum atomic E-state index is -0.711. The third kappa shape index (κ3) is 3.78. The molecule has 0 fully saturated rings. The highest BCUT2D eigenvalue weighted by molar-refractivity contribution is 7.09. The molecule has 102 valence electrons. The van der Waals surface area contributed by atoms with Crippen molar-refractivity contribution >= 4 is 17.3 Å². The van der Waals surface area contributed by atoms with E-state index in [1.54, 1.807) is 11.3 Å². The van der Waals surface area contributed by atoms with Crippen LogP contribution in [-0.2, 0) is 11.3 Å². The number of nitrogens with zero attached hydrogens (tertiary/aromatic N) is 2. The van der Waals surface area contributed by atoms with Gasteiger partial charge < -0.3 is 10.0 Å². The molecule has 1 aromatic heterocycles. The first-order valence-electron chi connectivity index (χ1n) is 6.20. The molecule has 18 heavy (non-hydrogen) atoms. The lowest BCUT2D eigenvalue weighted by atomic mass is 9.85. The molecule has 0 aliphatic rings. The average molecular weight is 270 g/mol. The molecule has 0 spiro atoms. The van der Waals surface area contributed by atoms with Crippen LogP contribution in [0.2, 0.25) is 0 Å². The van der Waals surface area contributed by atoms with Gasteiger partial charge in [0.1, 0.15) is 0 Å². The molecule has 0 aliphatic carbocycles. The molecule has 5 heteroatoms. The zero-order chi connectivity index (χ0) is 13.8. The summed E-state index contributed by atoms with van der Waals surface area (Å²) >= 11 is 1.63.